The lowest BCUT2D eigenvalue weighted by molar-refractivity contribution is -0.143. The number of piperidine rings is 1. The maximum atomic E-state index is 13.2. The number of hydrogen-bond donors (Lipinski definition) is 1. The van der Waals surface area contributed by atoms with Crippen LogP contribution in [-0.2, 0) is 19.6 Å². The number of amides is 2. The minimum atomic E-state index is -3.91. The molecular weight excluding hydrogens is 524 g/mol. The number of rotatable bonds is 8. The summed E-state index contributed by atoms with van der Waals surface area (Å²) in [7, 11) is -3.91. The second-order valence-electron chi connectivity index (χ2n) is 10.5. The number of likely N-dealkylation sites (tertiary alicyclic amines) is 3. The normalized spacial score (nSPS) is 22.8. The third-order valence-corrected chi connectivity index (χ3v) is 9.56. The smallest absolute Gasteiger partial charge is 0.242 e. The lowest BCUT2D eigenvalue weighted by Crippen LogP contribution is -2.55. The molecule has 2 amide bonds. The molecule has 3 aliphatic rings. The van der Waals surface area contributed by atoms with Crippen LogP contribution in [0.4, 0.5) is 0 Å². The third kappa shape index (κ3) is 6.22. The molecule has 3 heterocycles. The molecule has 1 N–H and O–H groups in total. The molecule has 2 aromatic carbocycles. The number of halogens is 1. The van der Waals surface area contributed by atoms with Gasteiger partial charge in [-0.15, -0.1) is 0 Å². The molecule has 8 nitrogen and oxygen atoms in total. The molecule has 2 aromatic rings. The molecule has 0 aliphatic carbocycles. The van der Waals surface area contributed by atoms with Gasteiger partial charge < -0.3 is 14.7 Å². The van der Waals surface area contributed by atoms with Crippen molar-refractivity contribution in [2.24, 2.45) is 0 Å². The van der Waals surface area contributed by atoms with Gasteiger partial charge in [-0.3, -0.25) is 9.59 Å². The minimum Gasteiger partial charge on any atom is -0.337 e. The zero-order chi connectivity index (χ0) is 26.7. The number of carbonyl (C=O) groups excluding carboxylic acids is 2. The highest BCUT2D eigenvalue weighted by molar-refractivity contribution is 7.89. The van der Waals surface area contributed by atoms with Gasteiger partial charge in [-0.05, 0) is 87.0 Å². The van der Waals surface area contributed by atoms with Crippen LogP contribution in [0.2, 0.25) is 5.02 Å². The van der Waals surface area contributed by atoms with E-state index in [2.05, 4.69) is 9.62 Å². The third-order valence-electron chi connectivity index (χ3n) is 7.84. The van der Waals surface area contributed by atoms with Gasteiger partial charge >= 0.3 is 0 Å². The topological polar surface area (TPSA) is 90.0 Å². The summed E-state index contributed by atoms with van der Waals surface area (Å²) in [6.45, 7) is 4.27. The quantitative estimate of drug-likeness (QED) is 0.536. The molecule has 3 saturated heterocycles. The molecule has 0 saturated carbocycles. The molecule has 3 aliphatic heterocycles. The van der Waals surface area contributed by atoms with E-state index in [4.69, 9.17) is 11.6 Å². The van der Waals surface area contributed by atoms with Crippen molar-refractivity contribution in [3.8, 4) is 11.1 Å². The molecule has 204 valence electrons. The number of nitrogens with one attached hydrogen (secondary N) is 1. The summed E-state index contributed by atoms with van der Waals surface area (Å²) >= 11 is 6.07. The molecule has 2 atom stereocenters. The fraction of sp³-hybridized carbons (Fsp3) is 0.500. The second kappa shape index (κ2) is 11.7. The van der Waals surface area contributed by atoms with Gasteiger partial charge in [-0.2, -0.15) is 4.72 Å². The lowest BCUT2D eigenvalue weighted by atomic mass is 10.1. The molecule has 5 rings (SSSR count). The van der Waals surface area contributed by atoms with Crippen LogP contribution in [0.5, 0.6) is 0 Å². The highest BCUT2D eigenvalue weighted by atomic mass is 35.5. The van der Waals surface area contributed by atoms with Crippen molar-refractivity contribution in [1.29, 1.82) is 0 Å². The van der Waals surface area contributed by atoms with Crippen LogP contribution in [0.1, 0.15) is 38.5 Å². The van der Waals surface area contributed by atoms with E-state index in [1.54, 1.807) is 18.2 Å². The fourth-order valence-electron chi connectivity index (χ4n) is 5.83. The highest BCUT2D eigenvalue weighted by Gasteiger charge is 2.36. The van der Waals surface area contributed by atoms with Crippen LogP contribution in [-0.4, -0.2) is 86.3 Å². The Kier molecular flexibility index (Phi) is 8.38. The Labute approximate surface area is 230 Å². The summed E-state index contributed by atoms with van der Waals surface area (Å²) in [6, 6.07) is 13.2. The van der Waals surface area contributed by atoms with Gasteiger partial charge in [0.15, 0.2) is 0 Å². The summed E-state index contributed by atoms with van der Waals surface area (Å²) in [5.41, 5.74) is 1.73. The number of sulfonamides is 1. The van der Waals surface area contributed by atoms with Crippen LogP contribution in [0.25, 0.3) is 11.1 Å². The van der Waals surface area contributed by atoms with Crippen molar-refractivity contribution in [3.05, 3.63) is 53.6 Å². The summed E-state index contributed by atoms with van der Waals surface area (Å²) in [5.74, 6) is -0.376. The second-order valence-corrected chi connectivity index (χ2v) is 12.7. The van der Waals surface area contributed by atoms with Crippen molar-refractivity contribution >= 4 is 33.4 Å². The standard InChI is InChI=1S/C28H35ClN4O4S/c29-23-7-3-6-22(18-23)21-10-12-25(13-11-21)38(36,37)30-26-9-5-16-32(28(26)35)20-27(34)33-17-4-8-24(33)19-31-14-1-2-15-31/h3,6-7,10-13,18,24,26,30H,1-2,4-5,8-9,14-17,19-20H2. The zero-order valence-corrected chi connectivity index (χ0v) is 23.1. The van der Waals surface area contributed by atoms with Gasteiger partial charge in [-0.1, -0.05) is 35.9 Å². The maximum absolute atomic E-state index is 13.2. The van der Waals surface area contributed by atoms with E-state index in [-0.39, 0.29) is 29.3 Å². The van der Waals surface area contributed by atoms with E-state index in [1.807, 2.05) is 23.1 Å². The van der Waals surface area contributed by atoms with Crippen LogP contribution in [0.3, 0.4) is 0 Å². The first-order chi connectivity index (χ1) is 18.3. The van der Waals surface area contributed by atoms with Gasteiger partial charge in [0, 0.05) is 30.7 Å². The maximum Gasteiger partial charge on any atom is 0.242 e. The molecule has 10 heteroatoms. The van der Waals surface area contributed by atoms with Gasteiger partial charge in [0.25, 0.3) is 0 Å². The van der Waals surface area contributed by atoms with Crippen LogP contribution >= 0.6 is 11.6 Å². The predicted molar refractivity (Wildman–Crippen MR) is 147 cm³/mol. The van der Waals surface area contributed by atoms with Crippen LogP contribution < -0.4 is 4.72 Å². The van der Waals surface area contributed by atoms with Gasteiger partial charge in [0.05, 0.1) is 11.4 Å². The lowest BCUT2D eigenvalue weighted by Gasteiger charge is -2.34. The minimum absolute atomic E-state index is 0.00188. The van der Waals surface area contributed by atoms with Crippen LogP contribution in [0, 0.1) is 0 Å². The molecule has 0 spiro atoms. The Morgan fingerprint density at radius 2 is 1.66 bits per heavy atom. The van der Waals surface area contributed by atoms with E-state index < -0.39 is 16.1 Å². The molecule has 0 radical (unpaired) electrons. The van der Waals surface area contributed by atoms with Crippen molar-refractivity contribution in [2.45, 2.75) is 55.5 Å². The summed E-state index contributed by atoms with van der Waals surface area (Å²) in [6.07, 6.45) is 5.45. The number of carbonyl (C=O) groups is 2. The van der Waals surface area contributed by atoms with Gasteiger partial charge in [0.2, 0.25) is 21.8 Å². The number of hydrogen-bond acceptors (Lipinski definition) is 5. The van der Waals surface area contributed by atoms with E-state index in [0.29, 0.717) is 24.4 Å². The molecule has 0 aromatic heterocycles. The number of benzene rings is 2. The first kappa shape index (κ1) is 27.1. The molecule has 0 bridgehead atoms. The molecule has 2 unspecified atom stereocenters. The summed E-state index contributed by atoms with van der Waals surface area (Å²) < 4.78 is 28.8. The van der Waals surface area contributed by atoms with Crippen LogP contribution in [0.15, 0.2) is 53.4 Å². The van der Waals surface area contributed by atoms with E-state index in [1.165, 1.54) is 29.9 Å². The molecule has 3 fully saturated rings. The van der Waals surface area contributed by atoms with Gasteiger partial charge in [0.1, 0.15) is 6.04 Å². The van der Waals surface area contributed by atoms with Crippen molar-refractivity contribution in [1.82, 2.24) is 19.4 Å². The zero-order valence-electron chi connectivity index (χ0n) is 21.5. The first-order valence-electron chi connectivity index (χ1n) is 13.5. The van der Waals surface area contributed by atoms with Crippen molar-refractivity contribution in [3.63, 3.8) is 0 Å². The van der Waals surface area contributed by atoms with E-state index in [0.717, 1.165) is 50.1 Å². The Morgan fingerprint density at radius 1 is 0.921 bits per heavy atom. The molecular formula is C28H35ClN4O4S. The fourth-order valence-corrected chi connectivity index (χ4v) is 7.24. The number of nitrogens with zero attached hydrogens (tertiary/aromatic N) is 3. The predicted octanol–water partition coefficient (Wildman–Crippen LogP) is 3.36. The van der Waals surface area contributed by atoms with Crippen molar-refractivity contribution < 1.29 is 18.0 Å². The highest BCUT2D eigenvalue weighted by Crippen LogP contribution is 2.25. The summed E-state index contributed by atoms with van der Waals surface area (Å²) in [4.78, 5) is 32.4. The largest absolute Gasteiger partial charge is 0.337 e. The van der Waals surface area contributed by atoms with Gasteiger partial charge in [-0.25, -0.2) is 8.42 Å². The van der Waals surface area contributed by atoms with Crippen molar-refractivity contribution in [2.75, 3.05) is 39.3 Å². The first-order valence-corrected chi connectivity index (χ1v) is 15.4. The Morgan fingerprint density at radius 3 is 2.39 bits per heavy atom. The Hall–Kier alpha value is -2.46. The average Bonchev–Trinajstić information content (AvgIpc) is 3.59. The monoisotopic (exact) mass is 558 g/mol. The van der Waals surface area contributed by atoms with E-state index in [9.17, 15) is 18.0 Å². The Balaban J connectivity index is 1.20. The Bertz CT molecular complexity index is 1260. The molecule has 38 heavy (non-hydrogen) atoms. The van der Waals surface area contributed by atoms with E-state index >= 15 is 0 Å². The average molecular weight is 559 g/mol. The summed E-state index contributed by atoms with van der Waals surface area (Å²) in [5, 5.41) is 0.603. The SMILES string of the molecule is O=C1C(NS(=O)(=O)c2ccc(-c3cccc(Cl)c3)cc2)CCCN1CC(=O)N1CCCC1CN1CCCC1.